The maximum Gasteiger partial charge on any atom is 0.255 e. The van der Waals surface area contributed by atoms with Gasteiger partial charge in [-0.2, -0.15) is 0 Å². The van der Waals surface area contributed by atoms with Crippen LogP contribution in [0.1, 0.15) is 27.4 Å². The largest absolute Gasteiger partial charge is 0.336 e. The summed E-state index contributed by atoms with van der Waals surface area (Å²) in [6, 6.07) is 12.0. The Morgan fingerprint density at radius 2 is 2.00 bits per heavy atom. The highest BCUT2D eigenvalue weighted by atomic mass is 16.2. The Morgan fingerprint density at radius 3 is 2.71 bits per heavy atom. The maximum atomic E-state index is 12.6. The van der Waals surface area contributed by atoms with Gasteiger partial charge in [-0.05, 0) is 24.1 Å². The van der Waals surface area contributed by atoms with Crippen molar-refractivity contribution >= 4 is 5.91 Å². The summed E-state index contributed by atoms with van der Waals surface area (Å²) >= 11 is 0. The molecule has 1 aliphatic rings. The Balaban J connectivity index is 1.80. The molecule has 2 aromatic rings. The van der Waals surface area contributed by atoms with Gasteiger partial charge in [0.1, 0.15) is 0 Å². The standard InChI is InChI=1S/C17H19N3O/c1-12-7-8-19-9-14(12)17(21)20-10-15(16(18)11-20)13-5-3-2-4-6-13/h2-9,15-16H,10-11,18H2,1H3/t15-,16+/m0/s1. The highest BCUT2D eigenvalue weighted by Gasteiger charge is 2.34. The summed E-state index contributed by atoms with van der Waals surface area (Å²) in [6.07, 6.45) is 3.34. The number of benzene rings is 1. The summed E-state index contributed by atoms with van der Waals surface area (Å²) in [5, 5.41) is 0. The van der Waals surface area contributed by atoms with Crippen LogP contribution in [0.25, 0.3) is 0 Å². The van der Waals surface area contributed by atoms with Crippen LogP contribution in [-0.4, -0.2) is 34.9 Å². The van der Waals surface area contributed by atoms with Crippen molar-refractivity contribution in [1.82, 2.24) is 9.88 Å². The quantitative estimate of drug-likeness (QED) is 0.915. The lowest BCUT2D eigenvalue weighted by atomic mass is 9.95. The number of nitrogens with two attached hydrogens (primary N) is 1. The van der Waals surface area contributed by atoms with E-state index in [1.54, 1.807) is 12.4 Å². The van der Waals surface area contributed by atoms with Gasteiger partial charge in [0.25, 0.3) is 5.91 Å². The topological polar surface area (TPSA) is 59.2 Å². The number of rotatable bonds is 2. The molecule has 1 fully saturated rings. The van der Waals surface area contributed by atoms with Gasteiger partial charge in [0.2, 0.25) is 0 Å². The van der Waals surface area contributed by atoms with Crippen LogP contribution >= 0.6 is 0 Å². The first-order valence-corrected chi connectivity index (χ1v) is 7.17. The number of amides is 1. The average Bonchev–Trinajstić information content (AvgIpc) is 2.90. The van der Waals surface area contributed by atoms with Crippen LogP contribution in [0.4, 0.5) is 0 Å². The Bertz CT molecular complexity index is 641. The van der Waals surface area contributed by atoms with Crippen LogP contribution in [0.5, 0.6) is 0 Å². The lowest BCUT2D eigenvalue weighted by Crippen LogP contribution is -2.32. The second-order valence-electron chi connectivity index (χ2n) is 5.58. The fourth-order valence-corrected chi connectivity index (χ4v) is 2.91. The number of pyridine rings is 1. The highest BCUT2D eigenvalue weighted by molar-refractivity contribution is 5.95. The van der Waals surface area contributed by atoms with E-state index >= 15 is 0 Å². The summed E-state index contributed by atoms with van der Waals surface area (Å²) in [5.41, 5.74) is 9.06. The molecule has 1 amide bonds. The minimum Gasteiger partial charge on any atom is -0.336 e. The van der Waals surface area contributed by atoms with E-state index in [9.17, 15) is 4.79 Å². The Kier molecular flexibility index (Phi) is 3.71. The van der Waals surface area contributed by atoms with E-state index in [2.05, 4.69) is 17.1 Å². The minimum atomic E-state index is -0.0201. The van der Waals surface area contributed by atoms with Crippen LogP contribution in [0, 0.1) is 6.92 Å². The first-order valence-electron chi connectivity index (χ1n) is 7.17. The molecule has 0 spiro atoms. The van der Waals surface area contributed by atoms with Crippen molar-refractivity contribution in [2.45, 2.75) is 18.9 Å². The molecule has 0 saturated carbocycles. The Labute approximate surface area is 124 Å². The number of carbonyl (C=O) groups is 1. The Hall–Kier alpha value is -2.20. The zero-order valence-electron chi connectivity index (χ0n) is 12.1. The predicted molar refractivity (Wildman–Crippen MR) is 82.0 cm³/mol. The van der Waals surface area contributed by atoms with Crippen LogP contribution < -0.4 is 5.73 Å². The second kappa shape index (κ2) is 5.66. The molecule has 108 valence electrons. The van der Waals surface area contributed by atoms with E-state index in [1.165, 1.54) is 5.56 Å². The molecule has 1 aromatic heterocycles. The fourth-order valence-electron chi connectivity index (χ4n) is 2.91. The number of carbonyl (C=O) groups excluding carboxylic acids is 1. The minimum absolute atomic E-state index is 0.0201. The number of aromatic nitrogens is 1. The normalized spacial score (nSPS) is 21.5. The van der Waals surface area contributed by atoms with Crippen molar-refractivity contribution in [3.8, 4) is 0 Å². The van der Waals surface area contributed by atoms with Gasteiger partial charge in [-0.15, -0.1) is 0 Å². The summed E-state index contributed by atoms with van der Waals surface area (Å²) in [6.45, 7) is 3.19. The molecule has 0 unspecified atom stereocenters. The van der Waals surface area contributed by atoms with E-state index < -0.39 is 0 Å². The van der Waals surface area contributed by atoms with Gasteiger partial charge in [0.15, 0.2) is 0 Å². The summed E-state index contributed by atoms with van der Waals surface area (Å²) < 4.78 is 0. The SMILES string of the molecule is Cc1ccncc1C(=O)N1C[C@@H](N)[C@H](c2ccccc2)C1. The first-order chi connectivity index (χ1) is 10.2. The molecule has 0 radical (unpaired) electrons. The number of hydrogen-bond acceptors (Lipinski definition) is 3. The van der Waals surface area contributed by atoms with E-state index in [-0.39, 0.29) is 17.9 Å². The monoisotopic (exact) mass is 281 g/mol. The van der Waals surface area contributed by atoms with Gasteiger partial charge in [0, 0.05) is 37.4 Å². The van der Waals surface area contributed by atoms with Crippen LogP contribution in [0.3, 0.4) is 0 Å². The third kappa shape index (κ3) is 2.67. The summed E-state index contributed by atoms with van der Waals surface area (Å²) in [5.74, 6) is 0.224. The van der Waals surface area contributed by atoms with Crippen LogP contribution in [0.15, 0.2) is 48.8 Å². The molecule has 3 rings (SSSR count). The maximum absolute atomic E-state index is 12.6. The van der Waals surface area contributed by atoms with Gasteiger partial charge in [-0.1, -0.05) is 30.3 Å². The van der Waals surface area contributed by atoms with Gasteiger partial charge < -0.3 is 10.6 Å². The average molecular weight is 281 g/mol. The molecular weight excluding hydrogens is 262 g/mol. The third-order valence-electron chi connectivity index (χ3n) is 4.15. The smallest absolute Gasteiger partial charge is 0.255 e. The Morgan fingerprint density at radius 1 is 1.24 bits per heavy atom. The van der Waals surface area contributed by atoms with Crippen molar-refractivity contribution in [2.75, 3.05) is 13.1 Å². The molecule has 21 heavy (non-hydrogen) atoms. The lowest BCUT2D eigenvalue weighted by molar-refractivity contribution is 0.0788. The van der Waals surface area contributed by atoms with Gasteiger partial charge >= 0.3 is 0 Å². The van der Waals surface area contributed by atoms with Crippen molar-refractivity contribution in [3.05, 3.63) is 65.5 Å². The molecule has 4 nitrogen and oxygen atoms in total. The van der Waals surface area contributed by atoms with Crippen molar-refractivity contribution in [3.63, 3.8) is 0 Å². The molecule has 1 aromatic carbocycles. The fraction of sp³-hybridized carbons (Fsp3) is 0.294. The molecule has 0 bridgehead atoms. The van der Waals surface area contributed by atoms with E-state index in [0.717, 1.165) is 5.56 Å². The number of aryl methyl sites for hydroxylation is 1. The summed E-state index contributed by atoms with van der Waals surface area (Å²) in [7, 11) is 0. The molecule has 2 N–H and O–H groups in total. The zero-order chi connectivity index (χ0) is 14.8. The second-order valence-corrected chi connectivity index (χ2v) is 5.58. The van der Waals surface area contributed by atoms with E-state index in [1.807, 2.05) is 36.1 Å². The van der Waals surface area contributed by atoms with Crippen LogP contribution in [0.2, 0.25) is 0 Å². The molecule has 1 aliphatic heterocycles. The van der Waals surface area contributed by atoms with Crippen molar-refractivity contribution in [2.24, 2.45) is 5.73 Å². The molecule has 2 heterocycles. The van der Waals surface area contributed by atoms with Gasteiger partial charge in [-0.3, -0.25) is 9.78 Å². The highest BCUT2D eigenvalue weighted by Crippen LogP contribution is 2.27. The van der Waals surface area contributed by atoms with Crippen LogP contribution in [-0.2, 0) is 0 Å². The van der Waals surface area contributed by atoms with Crippen molar-refractivity contribution < 1.29 is 4.79 Å². The summed E-state index contributed by atoms with van der Waals surface area (Å²) in [4.78, 5) is 18.5. The predicted octanol–water partition coefficient (Wildman–Crippen LogP) is 1.96. The first kappa shape index (κ1) is 13.8. The van der Waals surface area contributed by atoms with E-state index in [4.69, 9.17) is 5.73 Å². The van der Waals surface area contributed by atoms with Gasteiger partial charge in [0.05, 0.1) is 5.56 Å². The molecule has 4 heteroatoms. The van der Waals surface area contributed by atoms with Gasteiger partial charge in [-0.25, -0.2) is 0 Å². The molecule has 1 saturated heterocycles. The molecule has 0 aliphatic carbocycles. The third-order valence-corrected chi connectivity index (χ3v) is 4.15. The molecular formula is C17H19N3O. The number of likely N-dealkylation sites (tertiary alicyclic amines) is 1. The zero-order valence-corrected chi connectivity index (χ0v) is 12.1. The molecule has 2 atom stereocenters. The lowest BCUT2D eigenvalue weighted by Gasteiger charge is -2.17. The number of hydrogen-bond donors (Lipinski definition) is 1. The van der Waals surface area contributed by atoms with Crippen molar-refractivity contribution in [1.29, 1.82) is 0 Å². The number of nitrogens with zero attached hydrogens (tertiary/aromatic N) is 2. The van der Waals surface area contributed by atoms with E-state index in [0.29, 0.717) is 18.7 Å².